The molecule has 0 aromatic heterocycles. The normalized spacial score (nSPS) is 11.3. The van der Waals surface area contributed by atoms with Crippen LogP contribution in [-0.2, 0) is 4.79 Å². The van der Waals surface area contributed by atoms with Crippen LogP contribution in [-0.4, -0.2) is 23.7 Å². The Morgan fingerprint density at radius 2 is 1.89 bits per heavy atom. The van der Waals surface area contributed by atoms with E-state index < -0.39 is 0 Å². The lowest BCUT2D eigenvalue weighted by molar-refractivity contribution is -0.118. The first kappa shape index (κ1) is 15.1. The van der Waals surface area contributed by atoms with Gasteiger partial charge in [-0.2, -0.15) is 0 Å². The molecule has 1 rings (SSSR count). The van der Waals surface area contributed by atoms with E-state index in [1.807, 2.05) is 44.2 Å². The van der Waals surface area contributed by atoms with E-state index in [9.17, 15) is 4.79 Å². The van der Waals surface area contributed by atoms with Crippen LogP contribution in [0.2, 0.25) is 0 Å². The lowest BCUT2D eigenvalue weighted by atomic mass is 9.94. The molecule has 4 heteroatoms. The molecular formula is C14H22N2OS. The van der Waals surface area contributed by atoms with E-state index in [1.54, 1.807) is 11.8 Å². The van der Waals surface area contributed by atoms with Gasteiger partial charge >= 0.3 is 0 Å². The van der Waals surface area contributed by atoms with Crippen LogP contribution in [0.5, 0.6) is 0 Å². The number of nitrogens with two attached hydrogens (primary N) is 1. The summed E-state index contributed by atoms with van der Waals surface area (Å²) in [5.41, 5.74) is 5.86. The van der Waals surface area contributed by atoms with Gasteiger partial charge in [-0.3, -0.25) is 4.79 Å². The second kappa shape index (κ2) is 7.44. The number of amides is 1. The number of benzene rings is 1. The summed E-state index contributed by atoms with van der Waals surface area (Å²) in [4.78, 5) is 12.8. The molecule has 0 spiro atoms. The van der Waals surface area contributed by atoms with Crippen LogP contribution in [0.1, 0.15) is 26.7 Å². The van der Waals surface area contributed by atoms with E-state index in [1.165, 1.54) is 0 Å². The first-order valence-electron chi connectivity index (χ1n) is 6.33. The largest absolute Gasteiger partial charge is 0.354 e. The zero-order valence-electron chi connectivity index (χ0n) is 11.1. The highest BCUT2D eigenvalue weighted by molar-refractivity contribution is 8.00. The van der Waals surface area contributed by atoms with Crippen LogP contribution in [0, 0.1) is 0 Å². The summed E-state index contributed by atoms with van der Waals surface area (Å²) < 4.78 is 0. The zero-order valence-corrected chi connectivity index (χ0v) is 11.9. The maximum absolute atomic E-state index is 11.7. The van der Waals surface area contributed by atoms with Gasteiger partial charge in [0.1, 0.15) is 0 Å². The highest BCUT2D eigenvalue weighted by atomic mass is 32.2. The number of nitrogens with one attached hydrogen (secondary N) is 1. The number of thioether (sulfide) groups is 1. The summed E-state index contributed by atoms with van der Waals surface area (Å²) in [6.45, 7) is 4.65. The van der Waals surface area contributed by atoms with Crippen molar-refractivity contribution in [3.63, 3.8) is 0 Å². The van der Waals surface area contributed by atoms with Gasteiger partial charge in [-0.05, 0) is 25.0 Å². The van der Waals surface area contributed by atoms with Crippen LogP contribution in [0.25, 0.3) is 0 Å². The lowest BCUT2D eigenvalue weighted by Crippen LogP contribution is -2.49. The van der Waals surface area contributed by atoms with Gasteiger partial charge in [0.15, 0.2) is 0 Å². The molecule has 3 nitrogen and oxygen atoms in total. The third kappa shape index (κ3) is 5.10. The summed E-state index contributed by atoms with van der Waals surface area (Å²) in [7, 11) is 0. The molecule has 1 aromatic carbocycles. The molecule has 18 heavy (non-hydrogen) atoms. The molecule has 1 amide bonds. The van der Waals surface area contributed by atoms with Crippen molar-refractivity contribution in [3.05, 3.63) is 30.3 Å². The average Bonchev–Trinajstić information content (AvgIpc) is 2.43. The van der Waals surface area contributed by atoms with Gasteiger partial charge in [-0.1, -0.05) is 32.0 Å². The number of carbonyl (C=O) groups excluding carboxylic acids is 1. The average molecular weight is 266 g/mol. The van der Waals surface area contributed by atoms with Gasteiger partial charge in [-0.15, -0.1) is 11.8 Å². The van der Waals surface area contributed by atoms with Gasteiger partial charge in [0.2, 0.25) is 5.91 Å². The van der Waals surface area contributed by atoms with Crippen molar-refractivity contribution in [2.45, 2.75) is 37.1 Å². The molecule has 100 valence electrons. The second-order valence-corrected chi connectivity index (χ2v) is 5.50. The number of hydrogen-bond acceptors (Lipinski definition) is 3. The second-order valence-electron chi connectivity index (χ2n) is 4.45. The predicted molar refractivity (Wildman–Crippen MR) is 77.7 cm³/mol. The molecule has 0 unspecified atom stereocenters. The van der Waals surface area contributed by atoms with Crippen molar-refractivity contribution in [1.29, 1.82) is 0 Å². The van der Waals surface area contributed by atoms with Gasteiger partial charge in [0.25, 0.3) is 0 Å². The molecule has 0 saturated carbocycles. The third-order valence-electron chi connectivity index (χ3n) is 3.16. The molecule has 3 N–H and O–H groups in total. The highest BCUT2D eigenvalue weighted by Gasteiger charge is 2.20. The standard InChI is InChI=1S/C14H22N2OS/c1-3-14(15,4-2)11-16-13(17)10-18-12-8-6-5-7-9-12/h5-9H,3-4,10-11,15H2,1-2H3,(H,16,17). The van der Waals surface area contributed by atoms with E-state index in [0.717, 1.165) is 17.7 Å². The van der Waals surface area contributed by atoms with Gasteiger partial charge in [0.05, 0.1) is 5.75 Å². The Kier molecular flexibility index (Phi) is 6.22. The number of carbonyl (C=O) groups is 1. The van der Waals surface area contributed by atoms with Crippen molar-refractivity contribution in [2.24, 2.45) is 5.73 Å². The van der Waals surface area contributed by atoms with E-state index >= 15 is 0 Å². The summed E-state index contributed by atoms with van der Waals surface area (Å²) >= 11 is 1.54. The van der Waals surface area contributed by atoms with Gasteiger partial charge in [0, 0.05) is 17.0 Å². The topological polar surface area (TPSA) is 55.1 Å². The Labute approximate surface area is 114 Å². The minimum absolute atomic E-state index is 0.0422. The lowest BCUT2D eigenvalue weighted by Gasteiger charge is -2.26. The van der Waals surface area contributed by atoms with E-state index in [2.05, 4.69) is 5.32 Å². The fourth-order valence-electron chi connectivity index (χ4n) is 1.49. The fourth-order valence-corrected chi connectivity index (χ4v) is 2.24. The van der Waals surface area contributed by atoms with Crippen LogP contribution in [0.3, 0.4) is 0 Å². The Morgan fingerprint density at radius 1 is 1.28 bits per heavy atom. The van der Waals surface area contributed by atoms with Gasteiger partial charge in [-0.25, -0.2) is 0 Å². The van der Waals surface area contributed by atoms with E-state index in [4.69, 9.17) is 5.73 Å². The maximum atomic E-state index is 11.7. The van der Waals surface area contributed by atoms with Crippen molar-refractivity contribution < 1.29 is 4.79 Å². The molecule has 0 aliphatic heterocycles. The molecule has 0 bridgehead atoms. The Morgan fingerprint density at radius 3 is 2.44 bits per heavy atom. The van der Waals surface area contributed by atoms with Crippen LogP contribution < -0.4 is 11.1 Å². The number of hydrogen-bond donors (Lipinski definition) is 2. The zero-order chi connectivity index (χ0) is 13.4. The molecule has 0 radical (unpaired) electrons. The SMILES string of the molecule is CCC(N)(CC)CNC(=O)CSc1ccccc1. The third-order valence-corrected chi connectivity index (χ3v) is 4.17. The number of rotatable bonds is 7. The molecule has 0 aliphatic rings. The quantitative estimate of drug-likeness (QED) is 0.745. The van der Waals surface area contributed by atoms with E-state index in [0.29, 0.717) is 12.3 Å². The van der Waals surface area contributed by atoms with Crippen LogP contribution in [0.15, 0.2) is 35.2 Å². The Bertz CT molecular complexity index is 363. The molecule has 0 fully saturated rings. The summed E-state index contributed by atoms with van der Waals surface area (Å²) in [6, 6.07) is 9.92. The van der Waals surface area contributed by atoms with Crippen molar-refractivity contribution >= 4 is 17.7 Å². The van der Waals surface area contributed by atoms with Crippen molar-refractivity contribution in [2.75, 3.05) is 12.3 Å². The maximum Gasteiger partial charge on any atom is 0.230 e. The Balaban J connectivity index is 2.30. The first-order chi connectivity index (χ1) is 8.59. The van der Waals surface area contributed by atoms with Crippen LogP contribution >= 0.6 is 11.8 Å². The molecule has 1 aromatic rings. The summed E-state index contributed by atoms with van der Waals surface area (Å²) in [5.74, 6) is 0.480. The minimum atomic E-state index is -0.271. The smallest absolute Gasteiger partial charge is 0.230 e. The molecule has 0 saturated heterocycles. The van der Waals surface area contributed by atoms with Crippen LogP contribution in [0.4, 0.5) is 0 Å². The summed E-state index contributed by atoms with van der Waals surface area (Å²) in [5, 5.41) is 2.91. The summed E-state index contributed by atoms with van der Waals surface area (Å²) in [6.07, 6.45) is 1.74. The molecule has 0 atom stereocenters. The van der Waals surface area contributed by atoms with Crippen molar-refractivity contribution in [1.82, 2.24) is 5.32 Å². The molecule has 0 heterocycles. The predicted octanol–water partition coefficient (Wildman–Crippen LogP) is 2.41. The monoisotopic (exact) mass is 266 g/mol. The van der Waals surface area contributed by atoms with Gasteiger partial charge < -0.3 is 11.1 Å². The Hall–Kier alpha value is -1.00. The molecular weight excluding hydrogens is 244 g/mol. The molecule has 0 aliphatic carbocycles. The van der Waals surface area contributed by atoms with Crippen molar-refractivity contribution in [3.8, 4) is 0 Å². The van der Waals surface area contributed by atoms with E-state index in [-0.39, 0.29) is 11.4 Å². The minimum Gasteiger partial charge on any atom is -0.354 e. The fraction of sp³-hybridized carbons (Fsp3) is 0.500. The first-order valence-corrected chi connectivity index (χ1v) is 7.31. The highest BCUT2D eigenvalue weighted by Crippen LogP contribution is 2.16.